The number of nitrogens with one attached hydrogen (secondary N) is 2. The molecule has 6 heteroatoms. The number of thiocarbonyl (C=S) groups is 1. The Labute approximate surface area is 142 Å². The van der Waals surface area contributed by atoms with E-state index in [1.54, 1.807) is 6.07 Å². The van der Waals surface area contributed by atoms with Crippen molar-refractivity contribution in [1.82, 2.24) is 15.1 Å². The first-order valence-corrected chi connectivity index (χ1v) is 8.25. The van der Waals surface area contributed by atoms with E-state index in [0.29, 0.717) is 11.7 Å². The molecule has 4 nitrogen and oxygen atoms in total. The summed E-state index contributed by atoms with van der Waals surface area (Å²) in [4.78, 5) is 0. The number of aromatic nitrogens is 2. The second-order valence-electron chi connectivity index (χ2n) is 5.57. The second kappa shape index (κ2) is 8.06. The predicted molar refractivity (Wildman–Crippen MR) is 96.3 cm³/mol. The summed E-state index contributed by atoms with van der Waals surface area (Å²) in [6, 6.07) is 6.57. The number of halogens is 1. The smallest absolute Gasteiger partial charge is 0.170 e. The fourth-order valence-corrected chi connectivity index (χ4v) is 2.58. The van der Waals surface area contributed by atoms with Crippen LogP contribution in [0.2, 0.25) is 0 Å². The third kappa shape index (κ3) is 4.76. The summed E-state index contributed by atoms with van der Waals surface area (Å²) in [5, 5.41) is 11.5. The lowest BCUT2D eigenvalue weighted by molar-refractivity contribution is 0.616. The van der Waals surface area contributed by atoms with Crippen molar-refractivity contribution in [3.8, 4) is 0 Å². The summed E-state index contributed by atoms with van der Waals surface area (Å²) in [6.07, 6.45) is 2.21. The lowest BCUT2D eigenvalue weighted by atomic mass is 10.2. The van der Waals surface area contributed by atoms with Gasteiger partial charge in [0.1, 0.15) is 5.82 Å². The topological polar surface area (TPSA) is 41.9 Å². The standard InChI is InChI=1S/C17H23FN4S/c1-4-5-9-19-17(23)20-16-12(2)21-22(13(16)3)11-14-7-6-8-15(18)10-14/h6-8,10H,4-5,9,11H2,1-3H3,(H2,19,20,23). The fourth-order valence-electron chi connectivity index (χ4n) is 2.38. The van der Waals surface area contributed by atoms with Crippen molar-refractivity contribution in [2.45, 2.75) is 40.2 Å². The number of hydrogen-bond donors (Lipinski definition) is 2. The summed E-state index contributed by atoms with van der Waals surface area (Å²) in [7, 11) is 0. The highest BCUT2D eigenvalue weighted by Crippen LogP contribution is 2.20. The van der Waals surface area contributed by atoms with Gasteiger partial charge >= 0.3 is 0 Å². The highest BCUT2D eigenvalue weighted by atomic mass is 32.1. The third-order valence-electron chi connectivity index (χ3n) is 3.66. The van der Waals surface area contributed by atoms with E-state index in [1.165, 1.54) is 12.1 Å². The minimum Gasteiger partial charge on any atom is -0.362 e. The van der Waals surface area contributed by atoms with Gasteiger partial charge in [-0.25, -0.2) is 4.39 Å². The molecule has 0 spiro atoms. The quantitative estimate of drug-likeness (QED) is 0.623. The van der Waals surface area contributed by atoms with Crippen LogP contribution >= 0.6 is 12.2 Å². The van der Waals surface area contributed by atoms with Crippen molar-refractivity contribution >= 4 is 23.0 Å². The number of hydrogen-bond acceptors (Lipinski definition) is 2. The Balaban J connectivity index is 2.08. The Morgan fingerprint density at radius 1 is 1.35 bits per heavy atom. The fraction of sp³-hybridized carbons (Fsp3) is 0.412. The van der Waals surface area contributed by atoms with Crippen molar-refractivity contribution < 1.29 is 4.39 Å². The maximum absolute atomic E-state index is 13.3. The van der Waals surface area contributed by atoms with Gasteiger partial charge in [0.05, 0.1) is 23.6 Å². The minimum absolute atomic E-state index is 0.233. The van der Waals surface area contributed by atoms with Crippen LogP contribution in [0, 0.1) is 19.7 Å². The molecular weight excluding hydrogens is 311 g/mol. The van der Waals surface area contributed by atoms with Gasteiger partial charge in [-0.3, -0.25) is 4.68 Å². The molecule has 0 saturated carbocycles. The van der Waals surface area contributed by atoms with E-state index < -0.39 is 0 Å². The van der Waals surface area contributed by atoms with Crippen molar-refractivity contribution in [3.63, 3.8) is 0 Å². The molecule has 124 valence electrons. The molecule has 0 radical (unpaired) electrons. The van der Waals surface area contributed by atoms with Gasteiger partial charge < -0.3 is 10.6 Å². The van der Waals surface area contributed by atoms with Crippen LogP contribution in [-0.2, 0) is 6.54 Å². The molecule has 1 aromatic heterocycles. The monoisotopic (exact) mass is 334 g/mol. The van der Waals surface area contributed by atoms with Gasteiger partial charge in [0.2, 0.25) is 0 Å². The van der Waals surface area contributed by atoms with Crippen LogP contribution < -0.4 is 10.6 Å². The number of benzene rings is 1. The van der Waals surface area contributed by atoms with Crippen LogP contribution in [0.3, 0.4) is 0 Å². The van der Waals surface area contributed by atoms with E-state index in [4.69, 9.17) is 12.2 Å². The second-order valence-corrected chi connectivity index (χ2v) is 5.98. The number of nitrogens with zero attached hydrogens (tertiary/aromatic N) is 2. The zero-order chi connectivity index (χ0) is 16.8. The summed E-state index contributed by atoms with van der Waals surface area (Å²) < 4.78 is 15.2. The number of anilines is 1. The molecule has 2 N–H and O–H groups in total. The molecule has 0 aliphatic rings. The SMILES string of the molecule is CCCCNC(=S)Nc1c(C)nn(Cc2cccc(F)c2)c1C. The Morgan fingerprint density at radius 3 is 2.83 bits per heavy atom. The van der Waals surface area contributed by atoms with Crippen molar-refractivity contribution in [1.29, 1.82) is 0 Å². The molecule has 0 saturated heterocycles. The van der Waals surface area contributed by atoms with Crippen LogP contribution in [0.5, 0.6) is 0 Å². The van der Waals surface area contributed by atoms with E-state index >= 15 is 0 Å². The van der Waals surface area contributed by atoms with E-state index in [2.05, 4.69) is 22.7 Å². The Kier molecular flexibility index (Phi) is 6.10. The number of aryl methyl sites for hydroxylation is 1. The van der Waals surface area contributed by atoms with Gasteiger partial charge in [0, 0.05) is 6.54 Å². The van der Waals surface area contributed by atoms with Crippen LogP contribution in [-0.4, -0.2) is 21.4 Å². The molecule has 0 bridgehead atoms. The summed E-state index contributed by atoms with van der Waals surface area (Å²) in [5.41, 5.74) is 3.64. The molecule has 0 amide bonds. The lowest BCUT2D eigenvalue weighted by Gasteiger charge is -2.11. The zero-order valence-electron chi connectivity index (χ0n) is 13.8. The highest BCUT2D eigenvalue weighted by molar-refractivity contribution is 7.80. The van der Waals surface area contributed by atoms with Gasteiger partial charge in [-0.15, -0.1) is 0 Å². The normalized spacial score (nSPS) is 10.6. The van der Waals surface area contributed by atoms with Crippen LogP contribution in [0.15, 0.2) is 24.3 Å². The summed E-state index contributed by atoms with van der Waals surface area (Å²) in [5.74, 6) is -0.233. The molecule has 0 unspecified atom stereocenters. The average molecular weight is 334 g/mol. The van der Waals surface area contributed by atoms with Gasteiger partial charge in [0.15, 0.2) is 5.11 Å². The molecule has 1 heterocycles. The summed E-state index contributed by atoms with van der Waals surface area (Å²) in [6.45, 7) is 7.45. The molecule has 0 atom stereocenters. The van der Waals surface area contributed by atoms with Gasteiger partial charge in [0.25, 0.3) is 0 Å². The van der Waals surface area contributed by atoms with Crippen molar-refractivity contribution in [2.24, 2.45) is 0 Å². The van der Waals surface area contributed by atoms with Gasteiger partial charge in [-0.1, -0.05) is 25.5 Å². The molecule has 0 aliphatic carbocycles. The molecule has 0 fully saturated rings. The molecule has 2 aromatic rings. The molecule has 0 aliphatic heterocycles. The summed E-state index contributed by atoms with van der Waals surface area (Å²) >= 11 is 5.32. The van der Waals surface area contributed by atoms with Crippen molar-refractivity contribution in [3.05, 3.63) is 47.0 Å². The van der Waals surface area contributed by atoms with Gasteiger partial charge in [-0.05, 0) is 50.2 Å². The van der Waals surface area contributed by atoms with E-state index in [1.807, 2.05) is 24.6 Å². The minimum atomic E-state index is -0.233. The highest BCUT2D eigenvalue weighted by Gasteiger charge is 2.13. The first-order chi connectivity index (χ1) is 11.0. The Hall–Kier alpha value is -1.95. The first-order valence-electron chi connectivity index (χ1n) is 7.84. The largest absolute Gasteiger partial charge is 0.362 e. The Bertz CT molecular complexity index is 681. The lowest BCUT2D eigenvalue weighted by Crippen LogP contribution is -2.29. The number of rotatable bonds is 6. The maximum atomic E-state index is 13.3. The predicted octanol–water partition coefficient (Wildman–Crippen LogP) is 3.77. The first kappa shape index (κ1) is 17.4. The van der Waals surface area contributed by atoms with Gasteiger partial charge in [-0.2, -0.15) is 5.10 Å². The zero-order valence-corrected chi connectivity index (χ0v) is 14.6. The molecule has 1 aromatic carbocycles. The van der Waals surface area contributed by atoms with Crippen LogP contribution in [0.4, 0.5) is 10.1 Å². The maximum Gasteiger partial charge on any atom is 0.170 e. The Morgan fingerprint density at radius 2 is 2.13 bits per heavy atom. The van der Waals surface area contributed by atoms with Crippen molar-refractivity contribution in [2.75, 3.05) is 11.9 Å². The van der Waals surface area contributed by atoms with Crippen LogP contribution in [0.25, 0.3) is 0 Å². The molecular formula is C17H23FN4S. The average Bonchev–Trinajstić information content (AvgIpc) is 2.75. The number of unbranched alkanes of at least 4 members (excludes halogenated alkanes) is 1. The third-order valence-corrected chi connectivity index (χ3v) is 3.90. The molecule has 23 heavy (non-hydrogen) atoms. The van der Waals surface area contributed by atoms with E-state index in [-0.39, 0.29) is 5.82 Å². The van der Waals surface area contributed by atoms with E-state index in [9.17, 15) is 4.39 Å². The van der Waals surface area contributed by atoms with E-state index in [0.717, 1.165) is 42.0 Å². The van der Waals surface area contributed by atoms with Crippen LogP contribution in [0.1, 0.15) is 36.7 Å². The molecule has 2 rings (SSSR count).